The SMILES string of the molecule is CCCC(C(=O)OCC)N(C)CC(F)F. The van der Waals surface area contributed by atoms with E-state index in [0.717, 1.165) is 6.42 Å². The second-order valence-electron chi connectivity index (χ2n) is 3.39. The number of hydrogen-bond acceptors (Lipinski definition) is 3. The first kappa shape index (κ1) is 14.3. The van der Waals surface area contributed by atoms with E-state index in [1.807, 2.05) is 6.92 Å². The van der Waals surface area contributed by atoms with Crippen LogP contribution in [-0.2, 0) is 9.53 Å². The van der Waals surface area contributed by atoms with Crippen molar-refractivity contribution in [3.8, 4) is 0 Å². The summed E-state index contributed by atoms with van der Waals surface area (Å²) in [5.41, 5.74) is 0. The van der Waals surface area contributed by atoms with Crippen molar-refractivity contribution in [3.05, 3.63) is 0 Å². The van der Waals surface area contributed by atoms with E-state index >= 15 is 0 Å². The van der Waals surface area contributed by atoms with E-state index in [1.165, 1.54) is 11.9 Å². The minimum atomic E-state index is -2.43. The van der Waals surface area contributed by atoms with Gasteiger partial charge in [0.25, 0.3) is 6.43 Å². The lowest BCUT2D eigenvalue weighted by atomic mass is 10.1. The summed E-state index contributed by atoms with van der Waals surface area (Å²) in [5.74, 6) is -0.414. The van der Waals surface area contributed by atoms with Crippen LogP contribution in [0.2, 0.25) is 0 Å². The topological polar surface area (TPSA) is 29.5 Å². The number of ether oxygens (including phenoxy) is 1. The number of carbonyl (C=O) groups excluding carboxylic acids is 1. The minimum absolute atomic E-state index is 0.279. The van der Waals surface area contributed by atoms with Crippen LogP contribution in [0.5, 0.6) is 0 Å². The highest BCUT2D eigenvalue weighted by molar-refractivity contribution is 5.75. The van der Waals surface area contributed by atoms with Gasteiger partial charge in [0.1, 0.15) is 6.04 Å². The van der Waals surface area contributed by atoms with Crippen LogP contribution in [0.1, 0.15) is 26.7 Å². The van der Waals surface area contributed by atoms with E-state index in [-0.39, 0.29) is 6.61 Å². The molecule has 0 saturated carbocycles. The second kappa shape index (κ2) is 7.56. The average molecular weight is 223 g/mol. The Bertz CT molecular complexity index is 188. The molecule has 0 amide bonds. The van der Waals surface area contributed by atoms with Gasteiger partial charge >= 0.3 is 5.97 Å². The second-order valence-corrected chi connectivity index (χ2v) is 3.39. The zero-order valence-corrected chi connectivity index (χ0v) is 9.50. The third-order valence-corrected chi connectivity index (χ3v) is 2.08. The lowest BCUT2D eigenvalue weighted by Gasteiger charge is -2.25. The molecule has 0 spiro atoms. The third kappa shape index (κ3) is 5.67. The number of halogens is 2. The minimum Gasteiger partial charge on any atom is -0.465 e. The molecule has 0 aliphatic rings. The number of esters is 1. The van der Waals surface area contributed by atoms with Gasteiger partial charge in [-0.25, -0.2) is 8.78 Å². The summed E-state index contributed by atoms with van der Waals surface area (Å²) in [5, 5.41) is 0. The molecule has 0 N–H and O–H groups in total. The predicted molar refractivity (Wildman–Crippen MR) is 54.0 cm³/mol. The molecular formula is C10H19F2NO2. The van der Waals surface area contributed by atoms with E-state index in [0.29, 0.717) is 6.42 Å². The standard InChI is InChI=1S/C10H19F2NO2/c1-4-6-8(10(14)15-5-2)13(3)7-9(11)12/h8-9H,4-7H2,1-3H3. The Morgan fingerprint density at radius 1 is 1.40 bits per heavy atom. The zero-order chi connectivity index (χ0) is 11.8. The maximum Gasteiger partial charge on any atom is 0.323 e. The largest absolute Gasteiger partial charge is 0.465 e. The number of carbonyl (C=O) groups is 1. The van der Waals surface area contributed by atoms with E-state index in [2.05, 4.69) is 0 Å². The van der Waals surface area contributed by atoms with E-state index in [1.54, 1.807) is 6.92 Å². The predicted octanol–water partition coefficient (Wildman–Crippen LogP) is 1.92. The molecule has 90 valence electrons. The normalized spacial score (nSPS) is 13.3. The molecule has 0 radical (unpaired) electrons. The fourth-order valence-corrected chi connectivity index (χ4v) is 1.38. The number of rotatable bonds is 7. The molecule has 5 heteroatoms. The molecule has 3 nitrogen and oxygen atoms in total. The number of alkyl halides is 2. The lowest BCUT2D eigenvalue weighted by molar-refractivity contribution is -0.149. The molecule has 0 aliphatic carbocycles. The Hall–Kier alpha value is -0.710. The number of hydrogen-bond donors (Lipinski definition) is 0. The van der Waals surface area contributed by atoms with Gasteiger partial charge in [-0.05, 0) is 20.4 Å². The van der Waals surface area contributed by atoms with Crippen molar-refractivity contribution in [2.75, 3.05) is 20.2 Å². The summed E-state index contributed by atoms with van der Waals surface area (Å²) in [7, 11) is 1.52. The lowest BCUT2D eigenvalue weighted by Crippen LogP contribution is -2.41. The van der Waals surface area contributed by atoms with Gasteiger partial charge in [0.15, 0.2) is 0 Å². The van der Waals surface area contributed by atoms with Crippen LogP contribution >= 0.6 is 0 Å². The monoisotopic (exact) mass is 223 g/mol. The molecule has 1 atom stereocenters. The Balaban J connectivity index is 4.29. The number of nitrogens with zero attached hydrogens (tertiary/aromatic N) is 1. The van der Waals surface area contributed by atoms with Crippen LogP contribution < -0.4 is 0 Å². The Morgan fingerprint density at radius 3 is 2.40 bits per heavy atom. The van der Waals surface area contributed by atoms with Crippen molar-refractivity contribution < 1.29 is 18.3 Å². The zero-order valence-electron chi connectivity index (χ0n) is 9.50. The highest BCUT2D eigenvalue weighted by atomic mass is 19.3. The van der Waals surface area contributed by atoms with E-state index in [4.69, 9.17) is 4.74 Å². The summed E-state index contributed by atoms with van der Waals surface area (Å²) in [6, 6.07) is -0.552. The van der Waals surface area contributed by atoms with E-state index in [9.17, 15) is 13.6 Å². The molecule has 0 aliphatic heterocycles. The fourth-order valence-electron chi connectivity index (χ4n) is 1.38. The van der Waals surface area contributed by atoms with Crippen LogP contribution in [0, 0.1) is 0 Å². The van der Waals surface area contributed by atoms with Crippen molar-refractivity contribution in [2.24, 2.45) is 0 Å². The summed E-state index contributed by atoms with van der Waals surface area (Å²) >= 11 is 0. The molecule has 0 aromatic heterocycles. The van der Waals surface area contributed by atoms with Gasteiger partial charge in [-0.15, -0.1) is 0 Å². The van der Waals surface area contributed by atoms with Gasteiger partial charge in [-0.1, -0.05) is 13.3 Å². The molecule has 15 heavy (non-hydrogen) atoms. The first-order chi connectivity index (χ1) is 7.02. The first-order valence-corrected chi connectivity index (χ1v) is 5.17. The van der Waals surface area contributed by atoms with E-state index < -0.39 is 25.0 Å². The molecule has 0 rings (SSSR count). The fraction of sp³-hybridized carbons (Fsp3) is 0.900. The number of likely N-dealkylation sites (N-methyl/N-ethyl adjacent to an activating group) is 1. The Labute approximate surface area is 89.4 Å². The van der Waals surface area contributed by atoms with Gasteiger partial charge in [-0.2, -0.15) is 0 Å². The van der Waals surface area contributed by atoms with Crippen molar-refractivity contribution in [1.29, 1.82) is 0 Å². The summed E-state index contributed by atoms with van der Waals surface area (Å²) in [6.07, 6.45) is -1.12. The van der Waals surface area contributed by atoms with Gasteiger partial charge < -0.3 is 4.74 Å². The maximum absolute atomic E-state index is 12.1. The quantitative estimate of drug-likeness (QED) is 0.617. The van der Waals surface area contributed by atoms with Crippen molar-refractivity contribution in [1.82, 2.24) is 4.90 Å². The molecule has 0 heterocycles. The molecule has 0 fully saturated rings. The van der Waals surface area contributed by atoms with Gasteiger partial charge in [0, 0.05) is 0 Å². The molecule has 0 saturated heterocycles. The maximum atomic E-state index is 12.1. The Morgan fingerprint density at radius 2 is 2.00 bits per heavy atom. The smallest absolute Gasteiger partial charge is 0.323 e. The molecule has 0 aromatic rings. The Kier molecular flexibility index (Phi) is 7.21. The van der Waals surface area contributed by atoms with Crippen molar-refractivity contribution in [2.45, 2.75) is 39.2 Å². The van der Waals surface area contributed by atoms with Crippen LogP contribution in [-0.4, -0.2) is 43.5 Å². The van der Waals surface area contributed by atoms with Gasteiger partial charge in [0.05, 0.1) is 13.2 Å². The summed E-state index contributed by atoms with van der Waals surface area (Å²) in [4.78, 5) is 12.8. The molecular weight excluding hydrogens is 204 g/mol. The van der Waals surface area contributed by atoms with Gasteiger partial charge in [-0.3, -0.25) is 9.69 Å². The summed E-state index contributed by atoms with van der Waals surface area (Å²) < 4.78 is 29.1. The van der Waals surface area contributed by atoms with Crippen molar-refractivity contribution in [3.63, 3.8) is 0 Å². The van der Waals surface area contributed by atoms with Crippen LogP contribution in [0.4, 0.5) is 8.78 Å². The third-order valence-electron chi connectivity index (χ3n) is 2.08. The highest BCUT2D eigenvalue weighted by Crippen LogP contribution is 2.09. The van der Waals surface area contributed by atoms with Crippen LogP contribution in [0.15, 0.2) is 0 Å². The van der Waals surface area contributed by atoms with Crippen molar-refractivity contribution >= 4 is 5.97 Å². The van der Waals surface area contributed by atoms with Crippen LogP contribution in [0.3, 0.4) is 0 Å². The summed E-state index contributed by atoms with van der Waals surface area (Å²) in [6.45, 7) is 3.49. The average Bonchev–Trinajstić information content (AvgIpc) is 2.13. The highest BCUT2D eigenvalue weighted by Gasteiger charge is 2.25. The molecule has 0 bridgehead atoms. The van der Waals surface area contributed by atoms with Gasteiger partial charge in [0.2, 0.25) is 0 Å². The first-order valence-electron chi connectivity index (χ1n) is 5.17. The van der Waals surface area contributed by atoms with Crippen LogP contribution in [0.25, 0.3) is 0 Å². The molecule has 1 unspecified atom stereocenters. The molecule has 0 aromatic carbocycles.